The van der Waals surface area contributed by atoms with Gasteiger partial charge in [0.2, 0.25) is 0 Å². The maximum atomic E-state index is 12.2. The number of fused-ring (bicyclic) bond motifs is 1. The molecule has 4 nitrogen and oxygen atoms in total. The highest BCUT2D eigenvalue weighted by atomic mass is 35.5. The second kappa shape index (κ2) is 4.70. The van der Waals surface area contributed by atoms with Crippen LogP contribution in [0, 0.1) is 6.92 Å². The predicted octanol–water partition coefficient (Wildman–Crippen LogP) is 3.24. The summed E-state index contributed by atoms with van der Waals surface area (Å²) in [4.78, 5) is 23.7. The van der Waals surface area contributed by atoms with Crippen molar-refractivity contribution in [2.24, 2.45) is 0 Å². The molecular formula is C14H14ClNO3. The van der Waals surface area contributed by atoms with Crippen molar-refractivity contribution in [3.63, 3.8) is 0 Å². The second-order valence-corrected chi connectivity index (χ2v) is 5.17. The average molecular weight is 280 g/mol. The Morgan fingerprint density at radius 1 is 1.37 bits per heavy atom. The van der Waals surface area contributed by atoms with E-state index in [2.05, 4.69) is 0 Å². The van der Waals surface area contributed by atoms with Gasteiger partial charge in [-0.05, 0) is 39.0 Å². The van der Waals surface area contributed by atoms with E-state index in [0.717, 1.165) is 0 Å². The number of carboxylic acid groups (broad SMARTS) is 1. The van der Waals surface area contributed by atoms with Gasteiger partial charge in [0, 0.05) is 22.0 Å². The van der Waals surface area contributed by atoms with Gasteiger partial charge in [-0.25, -0.2) is 4.79 Å². The van der Waals surface area contributed by atoms with Gasteiger partial charge in [-0.1, -0.05) is 11.6 Å². The number of hydrogen-bond donors (Lipinski definition) is 1. The van der Waals surface area contributed by atoms with Gasteiger partial charge in [-0.3, -0.25) is 4.79 Å². The van der Waals surface area contributed by atoms with E-state index in [1.165, 1.54) is 6.92 Å². The van der Waals surface area contributed by atoms with Crippen LogP contribution in [0.4, 0.5) is 0 Å². The number of carboxylic acids is 1. The quantitative estimate of drug-likeness (QED) is 0.918. The minimum absolute atomic E-state index is 0.0369. The summed E-state index contributed by atoms with van der Waals surface area (Å²) in [5.74, 6) is -1.10. The smallest absolute Gasteiger partial charge is 0.352 e. The minimum Gasteiger partial charge on any atom is -0.477 e. The van der Waals surface area contributed by atoms with Crippen LogP contribution in [0.1, 0.15) is 35.9 Å². The third kappa shape index (κ3) is 2.12. The first kappa shape index (κ1) is 13.6. The summed E-state index contributed by atoms with van der Waals surface area (Å²) < 4.78 is 1.66. The molecule has 1 heterocycles. The lowest BCUT2D eigenvalue weighted by atomic mass is 10.1. The van der Waals surface area contributed by atoms with Crippen molar-refractivity contribution in [2.45, 2.75) is 26.8 Å². The molecule has 0 bridgehead atoms. The van der Waals surface area contributed by atoms with Gasteiger partial charge in [0.05, 0.1) is 5.52 Å². The molecule has 0 fully saturated rings. The number of rotatable bonds is 2. The highest BCUT2D eigenvalue weighted by Crippen LogP contribution is 2.23. The van der Waals surface area contributed by atoms with Crippen LogP contribution in [-0.2, 0) is 0 Å². The number of aromatic carboxylic acids is 1. The Bertz CT molecular complexity index is 732. The molecule has 0 amide bonds. The van der Waals surface area contributed by atoms with Gasteiger partial charge < -0.3 is 9.67 Å². The number of benzene rings is 1. The first-order valence-corrected chi connectivity index (χ1v) is 6.30. The Morgan fingerprint density at radius 2 is 2.00 bits per heavy atom. The molecule has 0 unspecified atom stereocenters. The maximum Gasteiger partial charge on any atom is 0.352 e. The van der Waals surface area contributed by atoms with Crippen LogP contribution >= 0.6 is 11.6 Å². The Labute approximate surface area is 115 Å². The average Bonchev–Trinajstić information content (AvgIpc) is 2.32. The van der Waals surface area contributed by atoms with Crippen molar-refractivity contribution in [3.8, 4) is 0 Å². The molecule has 0 atom stereocenters. The Hall–Kier alpha value is -1.81. The van der Waals surface area contributed by atoms with Crippen LogP contribution in [-0.4, -0.2) is 15.6 Å². The zero-order valence-electron chi connectivity index (χ0n) is 10.9. The van der Waals surface area contributed by atoms with Crippen molar-refractivity contribution in [3.05, 3.63) is 44.7 Å². The fraction of sp³-hybridized carbons (Fsp3) is 0.286. The molecule has 1 N–H and O–H groups in total. The van der Waals surface area contributed by atoms with Crippen LogP contribution in [0.3, 0.4) is 0 Å². The lowest BCUT2D eigenvalue weighted by Gasteiger charge is -2.20. The highest BCUT2D eigenvalue weighted by Gasteiger charge is 2.20. The first-order chi connectivity index (χ1) is 8.84. The number of hydrogen-bond acceptors (Lipinski definition) is 2. The summed E-state index contributed by atoms with van der Waals surface area (Å²) >= 11 is 5.91. The van der Waals surface area contributed by atoms with E-state index in [0.29, 0.717) is 15.9 Å². The van der Waals surface area contributed by atoms with Crippen molar-refractivity contribution in [1.82, 2.24) is 4.57 Å². The van der Waals surface area contributed by atoms with Gasteiger partial charge >= 0.3 is 5.97 Å². The van der Waals surface area contributed by atoms with Gasteiger partial charge in [0.25, 0.3) is 0 Å². The molecule has 0 aliphatic carbocycles. The Kier molecular flexibility index (Phi) is 3.37. The zero-order chi connectivity index (χ0) is 14.3. The lowest BCUT2D eigenvalue weighted by Crippen LogP contribution is -2.23. The van der Waals surface area contributed by atoms with E-state index >= 15 is 0 Å². The van der Waals surface area contributed by atoms with Gasteiger partial charge in [0.15, 0.2) is 5.43 Å². The largest absolute Gasteiger partial charge is 0.477 e. The van der Waals surface area contributed by atoms with Gasteiger partial charge in [-0.2, -0.15) is 0 Å². The third-order valence-electron chi connectivity index (χ3n) is 3.12. The van der Waals surface area contributed by atoms with Crippen LogP contribution in [0.5, 0.6) is 0 Å². The number of carbonyl (C=O) groups is 1. The van der Waals surface area contributed by atoms with Crippen molar-refractivity contribution < 1.29 is 9.90 Å². The zero-order valence-corrected chi connectivity index (χ0v) is 11.7. The summed E-state index contributed by atoms with van der Waals surface area (Å²) in [7, 11) is 0. The molecule has 2 rings (SSSR count). The standard InChI is InChI=1S/C14H14ClNO3/c1-7(2)16-11-5-4-9(15)6-10(11)13(17)8(3)12(16)14(18)19/h4-7H,1-3H3,(H,18,19). The van der Waals surface area contributed by atoms with Crippen LogP contribution in [0.2, 0.25) is 5.02 Å². The molecule has 19 heavy (non-hydrogen) atoms. The normalized spacial score (nSPS) is 11.2. The van der Waals surface area contributed by atoms with E-state index < -0.39 is 5.97 Å². The number of nitrogens with zero attached hydrogens (tertiary/aromatic N) is 1. The molecule has 0 aliphatic rings. The fourth-order valence-electron chi connectivity index (χ4n) is 2.31. The summed E-state index contributed by atoms with van der Waals surface area (Å²) in [6.45, 7) is 5.29. The summed E-state index contributed by atoms with van der Waals surface area (Å²) in [6.07, 6.45) is 0. The first-order valence-electron chi connectivity index (χ1n) is 5.92. The molecule has 0 aliphatic heterocycles. The molecule has 5 heteroatoms. The van der Waals surface area contributed by atoms with Crippen molar-refractivity contribution in [1.29, 1.82) is 0 Å². The van der Waals surface area contributed by atoms with Gasteiger partial charge in [-0.15, -0.1) is 0 Å². The molecule has 1 aromatic heterocycles. The summed E-state index contributed by atoms with van der Waals surface area (Å²) in [5.41, 5.74) is 0.574. The predicted molar refractivity (Wildman–Crippen MR) is 75.3 cm³/mol. The number of halogens is 1. The number of aromatic nitrogens is 1. The van der Waals surface area contributed by atoms with E-state index in [9.17, 15) is 14.7 Å². The summed E-state index contributed by atoms with van der Waals surface area (Å²) in [6, 6.07) is 4.85. The van der Waals surface area contributed by atoms with Gasteiger partial charge in [0.1, 0.15) is 5.69 Å². The van der Waals surface area contributed by atoms with Crippen molar-refractivity contribution in [2.75, 3.05) is 0 Å². The maximum absolute atomic E-state index is 12.2. The lowest BCUT2D eigenvalue weighted by molar-refractivity contribution is 0.0682. The third-order valence-corrected chi connectivity index (χ3v) is 3.35. The summed E-state index contributed by atoms with van der Waals surface area (Å²) in [5, 5.41) is 10.3. The van der Waals surface area contributed by atoms with E-state index in [1.54, 1.807) is 22.8 Å². The van der Waals surface area contributed by atoms with Crippen LogP contribution in [0.25, 0.3) is 10.9 Å². The molecule has 0 radical (unpaired) electrons. The Morgan fingerprint density at radius 3 is 2.53 bits per heavy atom. The molecule has 0 saturated heterocycles. The monoisotopic (exact) mass is 279 g/mol. The Balaban J connectivity index is 3.09. The van der Waals surface area contributed by atoms with E-state index in [4.69, 9.17) is 11.6 Å². The SMILES string of the molecule is Cc1c(C(=O)O)n(C(C)C)c2ccc(Cl)cc2c1=O. The van der Waals surface area contributed by atoms with Crippen molar-refractivity contribution >= 4 is 28.5 Å². The molecule has 100 valence electrons. The van der Waals surface area contributed by atoms with E-state index in [-0.39, 0.29) is 22.7 Å². The molecule has 0 spiro atoms. The van der Waals surface area contributed by atoms with E-state index in [1.807, 2.05) is 13.8 Å². The highest BCUT2D eigenvalue weighted by molar-refractivity contribution is 6.31. The molecular weight excluding hydrogens is 266 g/mol. The topological polar surface area (TPSA) is 59.3 Å². The number of pyridine rings is 1. The van der Waals surface area contributed by atoms with Crippen LogP contribution in [0.15, 0.2) is 23.0 Å². The van der Waals surface area contributed by atoms with Crippen LogP contribution < -0.4 is 5.43 Å². The second-order valence-electron chi connectivity index (χ2n) is 4.73. The molecule has 0 saturated carbocycles. The molecule has 1 aromatic carbocycles. The fourth-order valence-corrected chi connectivity index (χ4v) is 2.48. The molecule has 2 aromatic rings. The minimum atomic E-state index is -1.10.